The Morgan fingerprint density at radius 1 is 1.32 bits per heavy atom. The van der Waals surface area contributed by atoms with Gasteiger partial charge in [0, 0.05) is 0 Å². The van der Waals surface area contributed by atoms with E-state index in [1.807, 2.05) is 39.8 Å². The Balaban J connectivity index is 1.48. The van der Waals surface area contributed by atoms with Crippen molar-refractivity contribution in [3.8, 4) is 0 Å². The number of halogens is 1. The van der Waals surface area contributed by atoms with Crippen molar-refractivity contribution in [3.63, 3.8) is 0 Å². The van der Waals surface area contributed by atoms with Crippen LogP contribution in [-0.2, 0) is 18.8 Å². The number of alkyl halides is 1. The number of carbonyl (C=O) groups is 1. The fraction of sp³-hybridized carbons (Fsp3) is 0.864. The fourth-order valence-corrected chi connectivity index (χ4v) is 5.53. The van der Waals surface area contributed by atoms with Crippen LogP contribution >= 0.6 is 11.6 Å². The molecule has 4 rings (SSSR count). The molecular weight excluding hydrogens is 375 g/mol. The molecule has 4 aliphatic rings. The molecule has 0 aromatic carbocycles. The molecule has 0 spiro atoms. The highest BCUT2D eigenvalue weighted by molar-refractivity contribution is 6.59. The van der Waals surface area contributed by atoms with Gasteiger partial charge in [-0.15, -0.1) is 11.6 Å². The lowest BCUT2D eigenvalue weighted by atomic mass is 9.43. The van der Waals surface area contributed by atoms with Gasteiger partial charge in [0.1, 0.15) is 5.60 Å². The highest BCUT2D eigenvalue weighted by Crippen LogP contribution is 2.65. The fourth-order valence-electron chi connectivity index (χ4n) is 5.32. The number of hydrogen-bond donors (Lipinski definition) is 0. The summed E-state index contributed by atoms with van der Waals surface area (Å²) in [6.07, 6.45) is 7.57. The predicted molar refractivity (Wildman–Crippen MR) is 113 cm³/mol. The van der Waals surface area contributed by atoms with E-state index in [9.17, 15) is 4.79 Å². The highest BCUT2D eigenvalue weighted by atomic mass is 35.5. The minimum atomic E-state index is -0.444. The SMILES string of the molecule is CC(/C=C\C[C@@H](Cl)B1O[C@@H]2C[C@@H]3C[C@@H](C3(C)C)[C@]2(C)O1)CC(=O)OC(C)(C)C. The van der Waals surface area contributed by atoms with Crippen LogP contribution in [0.4, 0.5) is 0 Å². The molecule has 4 fully saturated rings. The zero-order valence-electron chi connectivity index (χ0n) is 18.5. The molecule has 0 amide bonds. The number of carbonyl (C=O) groups excluding carboxylic acids is 1. The summed E-state index contributed by atoms with van der Waals surface area (Å²) in [5.74, 6) is 1.22. The largest absolute Gasteiger partial charge is 0.477 e. The monoisotopic (exact) mass is 410 g/mol. The van der Waals surface area contributed by atoms with Crippen molar-refractivity contribution in [1.82, 2.24) is 0 Å². The van der Waals surface area contributed by atoms with Crippen LogP contribution in [-0.4, -0.2) is 35.7 Å². The number of esters is 1. The lowest BCUT2D eigenvalue weighted by molar-refractivity contribution is -0.199. The third-order valence-corrected chi connectivity index (χ3v) is 7.38. The van der Waals surface area contributed by atoms with Crippen LogP contribution in [0.2, 0.25) is 0 Å². The van der Waals surface area contributed by atoms with Crippen molar-refractivity contribution >= 4 is 24.7 Å². The second-order valence-electron chi connectivity index (χ2n) is 10.8. The molecule has 3 saturated carbocycles. The number of ether oxygens (including phenoxy) is 1. The summed E-state index contributed by atoms with van der Waals surface area (Å²) in [4.78, 5) is 11.9. The molecule has 0 aromatic heterocycles. The van der Waals surface area contributed by atoms with E-state index < -0.39 is 5.60 Å². The van der Waals surface area contributed by atoms with Gasteiger partial charge in [-0.3, -0.25) is 4.79 Å². The van der Waals surface area contributed by atoms with E-state index in [0.29, 0.717) is 24.2 Å². The second-order valence-corrected chi connectivity index (χ2v) is 11.3. The Labute approximate surface area is 175 Å². The first-order valence-electron chi connectivity index (χ1n) is 10.7. The molecule has 1 saturated heterocycles. The van der Waals surface area contributed by atoms with E-state index in [2.05, 4.69) is 20.8 Å². The van der Waals surface area contributed by atoms with Gasteiger partial charge in [-0.2, -0.15) is 0 Å². The minimum absolute atomic E-state index is 0.109. The summed E-state index contributed by atoms with van der Waals surface area (Å²) in [6, 6.07) is 0. The second kappa shape index (κ2) is 7.63. The van der Waals surface area contributed by atoms with E-state index in [0.717, 1.165) is 12.3 Å². The summed E-state index contributed by atoms with van der Waals surface area (Å²) in [7, 11) is -0.363. The molecular formula is C22H36BClO4. The van der Waals surface area contributed by atoms with Crippen molar-refractivity contribution in [1.29, 1.82) is 0 Å². The van der Waals surface area contributed by atoms with Crippen LogP contribution in [0, 0.1) is 23.2 Å². The molecule has 0 aromatic rings. The van der Waals surface area contributed by atoms with Crippen molar-refractivity contribution < 1.29 is 18.8 Å². The van der Waals surface area contributed by atoms with Gasteiger partial charge in [0.2, 0.25) is 0 Å². The molecule has 6 heteroatoms. The average Bonchev–Trinajstić information content (AvgIpc) is 2.89. The molecule has 2 bridgehead atoms. The molecule has 158 valence electrons. The van der Waals surface area contributed by atoms with Gasteiger partial charge in [0.15, 0.2) is 0 Å². The van der Waals surface area contributed by atoms with Crippen LogP contribution in [0.15, 0.2) is 12.2 Å². The molecule has 6 atom stereocenters. The van der Waals surface area contributed by atoms with Gasteiger partial charge in [-0.25, -0.2) is 0 Å². The summed E-state index contributed by atoms with van der Waals surface area (Å²) < 4.78 is 18.0. The lowest BCUT2D eigenvalue weighted by Crippen LogP contribution is -2.65. The Bertz CT molecular complexity index is 629. The van der Waals surface area contributed by atoms with Crippen molar-refractivity contribution in [2.75, 3.05) is 0 Å². The van der Waals surface area contributed by atoms with Crippen LogP contribution in [0.3, 0.4) is 0 Å². The van der Waals surface area contributed by atoms with E-state index in [-0.39, 0.29) is 36.0 Å². The highest BCUT2D eigenvalue weighted by Gasteiger charge is 2.68. The Kier molecular flexibility index (Phi) is 6.04. The molecule has 3 aliphatic carbocycles. The van der Waals surface area contributed by atoms with Gasteiger partial charge in [0.05, 0.1) is 23.4 Å². The zero-order valence-corrected chi connectivity index (χ0v) is 19.2. The van der Waals surface area contributed by atoms with Crippen molar-refractivity contribution in [2.24, 2.45) is 23.2 Å². The van der Waals surface area contributed by atoms with E-state index in [1.165, 1.54) is 6.42 Å². The van der Waals surface area contributed by atoms with Gasteiger partial charge >= 0.3 is 13.1 Å². The first kappa shape index (κ1) is 22.2. The molecule has 1 heterocycles. The van der Waals surface area contributed by atoms with E-state index >= 15 is 0 Å². The van der Waals surface area contributed by atoms with Crippen LogP contribution in [0.25, 0.3) is 0 Å². The summed E-state index contributed by atoms with van der Waals surface area (Å²) in [6.45, 7) is 14.6. The summed E-state index contributed by atoms with van der Waals surface area (Å²) >= 11 is 6.63. The third-order valence-electron chi connectivity index (χ3n) is 7.00. The maximum Gasteiger partial charge on any atom is 0.477 e. The summed E-state index contributed by atoms with van der Waals surface area (Å²) in [5, 5.41) is -0.229. The maximum absolute atomic E-state index is 11.9. The Morgan fingerprint density at radius 3 is 2.61 bits per heavy atom. The normalized spacial score (nSPS) is 36.0. The lowest BCUT2D eigenvalue weighted by Gasteiger charge is -2.64. The smallest absolute Gasteiger partial charge is 0.460 e. The quantitative estimate of drug-likeness (QED) is 0.262. The Morgan fingerprint density at radius 2 is 2.00 bits per heavy atom. The third kappa shape index (κ3) is 4.32. The maximum atomic E-state index is 11.9. The average molecular weight is 411 g/mol. The van der Waals surface area contributed by atoms with Gasteiger partial charge in [-0.1, -0.05) is 32.9 Å². The topological polar surface area (TPSA) is 44.8 Å². The van der Waals surface area contributed by atoms with Crippen LogP contribution in [0.1, 0.15) is 74.1 Å². The standard InChI is InChI=1S/C22H36BClO4/c1-14(11-19(25)26-20(2,3)4)9-8-10-18(24)23-27-17-13-15-12-16(21(15,5)6)22(17,7)28-23/h8-9,14-18H,10-13H2,1-7H3/b9-8-/t14?,15-,16-,17+,18+,22-/m0/s1. The van der Waals surface area contributed by atoms with Gasteiger partial charge < -0.3 is 14.0 Å². The number of allylic oxidation sites excluding steroid dienone is 2. The molecule has 0 N–H and O–H groups in total. The van der Waals surface area contributed by atoms with E-state index in [1.54, 1.807) is 0 Å². The molecule has 4 nitrogen and oxygen atoms in total. The Hall–Kier alpha value is -0.515. The first-order valence-corrected chi connectivity index (χ1v) is 11.1. The number of hydrogen-bond acceptors (Lipinski definition) is 4. The van der Waals surface area contributed by atoms with Gasteiger partial charge in [0.25, 0.3) is 0 Å². The molecule has 1 unspecified atom stereocenters. The van der Waals surface area contributed by atoms with Crippen LogP contribution in [0.5, 0.6) is 0 Å². The van der Waals surface area contributed by atoms with Gasteiger partial charge in [-0.05, 0) is 70.1 Å². The predicted octanol–water partition coefficient (Wildman–Crippen LogP) is 5.18. The molecule has 0 radical (unpaired) electrons. The van der Waals surface area contributed by atoms with Crippen molar-refractivity contribution in [2.45, 2.75) is 96.7 Å². The minimum Gasteiger partial charge on any atom is -0.460 e. The summed E-state index contributed by atoms with van der Waals surface area (Å²) in [5.41, 5.74) is -0.326. The molecule has 28 heavy (non-hydrogen) atoms. The van der Waals surface area contributed by atoms with E-state index in [4.69, 9.17) is 25.6 Å². The zero-order chi connectivity index (χ0) is 20.9. The van der Waals surface area contributed by atoms with Crippen LogP contribution < -0.4 is 0 Å². The first-order chi connectivity index (χ1) is 12.8. The number of rotatable bonds is 6. The van der Waals surface area contributed by atoms with Crippen molar-refractivity contribution in [3.05, 3.63) is 12.2 Å². The molecule has 1 aliphatic heterocycles.